The molecule has 1 unspecified atom stereocenters. The van der Waals surface area contributed by atoms with E-state index >= 15 is 0 Å². The number of carbonyl (C=O) groups is 1. The summed E-state index contributed by atoms with van der Waals surface area (Å²) in [5, 5.41) is 5.73. The van der Waals surface area contributed by atoms with Crippen LogP contribution < -0.4 is 20.9 Å². The zero-order valence-electron chi connectivity index (χ0n) is 18.4. The number of thioether (sulfide) groups is 1. The second kappa shape index (κ2) is 10.9. The Balaban J connectivity index is 1.85. The summed E-state index contributed by atoms with van der Waals surface area (Å²) < 4.78 is 31.1. The van der Waals surface area contributed by atoms with Crippen LogP contribution in [0.25, 0.3) is 16.6 Å². The molecule has 3 aromatic rings. The first-order chi connectivity index (χ1) is 16.1. The molecule has 8 nitrogen and oxygen atoms in total. The quantitative estimate of drug-likeness (QED) is 0.405. The number of hydrogen-bond acceptors (Lipinski definition) is 6. The Morgan fingerprint density at radius 2 is 1.97 bits per heavy atom. The number of fused-ring (bicyclic) bond motifs is 1. The van der Waals surface area contributed by atoms with Gasteiger partial charge in [-0.3, -0.25) is 14.1 Å². The summed E-state index contributed by atoms with van der Waals surface area (Å²) in [6.45, 7) is 6.75. The van der Waals surface area contributed by atoms with Crippen molar-refractivity contribution in [1.29, 1.82) is 0 Å². The Morgan fingerprint density at radius 3 is 2.59 bits per heavy atom. The molecule has 12 heteroatoms. The van der Waals surface area contributed by atoms with E-state index in [9.17, 15) is 18.2 Å². The van der Waals surface area contributed by atoms with E-state index in [0.29, 0.717) is 16.7 Å². The second-order valence-electron chi connectivity index (χ2n) is 6.84. The fourth-order valence-corrected chi connectivity index (χ4v) is 5.09. The molecule has 3 N–H and O–H groups in total. The largest absolute Gasteiger partial charge is 0.388 e. The normalized spacial score (nSPS) is 12.3. The molecule has 0 saturated heterocycles. The molecule has 0 bridgehead atoms. The minimum atomic E-state index is -1.88. The van der Waals surface area contributed by atoms with Gasteiger partial charge < -0.3 is 10.6 Å². The van der Waals surface area contributed by atoms with Crippen LogP contribution in [-0.4, -0.2) is 26.8 Å². The molecule has 1 aromatic heterocycles. The fourth-order valence-electron chi connectivity index (χ4n) is 3.11. The summed E-state index contributed by atoms with van der Waals surface area (Å²) in [6, 6.07) is 8.12. The lowest BCUT2D eigenvalue weighted by Crippen LogP contribution is -2.30. The van der Waals surface area contributed by atoms with Gasteiger partial charge >= 0.3 is 6.03 Å². The highest BCUT2D eigenvalue weighted by molar-refractivity contribution is 8.19. The monoisotopic (exact) mass is 521 g/mol. The number of hydrogen-bond donors (Lipinski definition) is 3. The highest BCUT2D eigenvalue weighted by Crippen LogP contribution is 2.28. The highest BCUT2D eigenvalue weighted by atomic mass is 35.5. The average molecular weight is 522 g/mol. The maximum atomic E-state index is 15.0. The number of nitrogens with one attached hydrogen (secondary N) is 3. The summed E-state index contributed by atoms with van der Waals surface area (Å²) >= 11 is 6.66. The number of nitrogens with zero attached hydrogens (tertiary/aromatic N) is 2. The number of halogens is 2. The molecule has 178 valence electrons. The van der Waals surface area contributed by atoms with E-state index in [1.807, 2.05) is 0 Å². The van der Waals surface area contributed by atoms with Crippen molar-refractivity contribution >= 4 is 62.7 Å². The zero-order valence-corrected chi connectivity index (χ0v) is 20.8. The minimum absolute atomic E-state index is 0.0163. The zero-order chi connectivity index (χ0) is 25.0. The van der Waals surface area contributed by atoms with Crippen LogP contribution in [0.3, 0.4) is 0 Å². The summed E-state index contributed by atoms with van der Waals surface area (Å²) in [5.41, 5.74) is 0.952. The predicted molar refractivity (Wildman–Crippen MR) is 138 cm³/mol. The molecule has 0 aliphatic rings. The maximum Gasteiger partial charge on any atom is 0.331 e. The third-order valence-electron chi connectivity index (χ3n) is 4.59. The average Bonchev–Trinajstić information content (AvgIpc) is 2.78. The second-order valence-corrected chi connectivity index (χ2v) is 10.1. The Kier molecular flexibility index (Phi) is 8.13. The van der Waals surface area contributed by atoms with E-state index < -0.39 is 28.4 Å². The fraction of sp³-hybridized carbons (Fsp3) is 0.136. The first kappa shape index (κ1) is 25.5. The molecule has 0 radical (unpaired) electrons. The van der Waals surface area contributed by atoms with Crippen LogP contribution in [0, 0.1) is 12.7 Å². The van der Waals surface area contributed by atoms with Gasteiger partial charge in [-0.2, -0.15) is 0 Å². The standard InChI is InChI=1S/C22H21ClFN5O3S2/c1-5-20(33-12(2)23)34(32)28-22(31)27-15-7-9-19(17(24)10-15)29-13(3)26-18-11-14(25-4)6-8-16(18)21(29)30/h5-11,25H,2H2,1,3-4H3,(H2,27,28,31)/b20-5+. The van der Waals surface area contributed by atoms with Gasteiger partial charge in [0.05, 0.1) is 25.2 Å². The van der Waals surface area contributed by atoms with Crippen molar-refractivity contribution in [3.05, 3.63) is 79.7 Å². The highest BCUT2D eigenvalue weighted by Gasteiger charge is 2.16. The number of allylic oxidation sites excluding steroid dienone is 1. The molecule has 0 saturated carbocycles. The first-order valence-corrected chi connectivity index (χ1v) is 12.2. The van der Waals surface area contributed by atoms with Crippen LogP contribution in [-0.2, 0) is 11.0 Å². The molecule has 1 heterocycles. The van der Waals surface area contributed by atoms with E-state index in [2.05, 4.69) is 26.9 Å². The molecular weight excluding hydrogens is 501 g/mol. The summed E-state index contributed by atoms with van der Waals surface area (Å²) in [6.07, 6.45) is 1.53. The van der Waals surface area contributed by atoms with Crippen molar-refractivity contribution in [2.24, 2.45) is 0 Å². The Bertz CT molecular complexity index is 1410. The minimum Gasteiger partial charge on any atom is -0.388 e. The molecule has 0 spiro atoms. The summed E-state index contributed by atoms with van der Waals surface area (Å²) in [5.74, 6) is -0.448. The SMILES string of the molecule is C=C(Cl)S/C(=C\C)S(=O)NC(=O)Nc1ccc(-n2c(C)nc3cc(NC)ccc3c2=O)c(F)c1. The molecule has 34 heavy (non-hydrogen) atoms. The van der Waals surface area contributed by atoms with E-state index in [-0.39, 0.29) is 20.0 Å². The number of benzene rings is 2. The third kappa shape index (κ3) is 5.66. The maximum absolute atomic E-state index is 15.0. The van der Waals surface area contributed by atoms with Gasteiger partial charge in [0, 0.05) is 18.4 Å². The van der Waals surface area contributed by atoms with Gasteiger partial charge in [0.1, 0.15) is 11.6 Å². The van der Waals surface area contributed by atoms with Gasteiger partial charge in [0.15, 0.2) is 11.0 Å². The van der Waals surface area contributed by atoms with E-state index in [1.54, 1.807) is 39.1 Å². The Hall–Kier alpha value is -3.15. The van der Waals surface area contributed by atoms with Crippen molar-refractivity contribution in [3.8, 4) is 5.69 Å². The van der Waals surface area contributed by atoms with Gasteiger partial charge in [-0.15, -0.1) is 0 Å². The lowest BCUT2D eigenvalue weighted by atomic mass is 10.2. The first-order valence-electron chi connectivity index (χ1n) is 9.83. The lowest BCUT2D eigenvalue weighted by Gasteiger charge is -2.14. The van der Waals surface area contributed by atoms with Crippen LogP contribution in [0.15, 0.2) is 62.4 Å². The van der Waals surface area contributed by atoms with Gasteiger partial charge in [-0.25, -0.2) is 18.4 Å². The Morgan fingerprint density at radius 1 is 1.26 bits per heavy atom. The molecule has 0 fully saturated rings. The van der Waals surface area contributed by atoms with Gasteiger partial charge in [-0.05, 0) is 50.2 Å². The smallest absolute Gasteiger partial charge is 0.331 e. The summed E-state index contributed by atoms with van der Waals surface area (Å²) in [4.78, 5) is 29.7. The molecule has 1 atom stereocenters. The van der Waals surface area contributed by atoms with Gasteiger partial charge in [0.25, 0.3) is 5.56 Å². The molecule has 0 aliphatic carbocycles. The van der Waals surface area contributed by atoms with E-state index in [0.717, 1.165) is 23.5 Å². The topological polar surface area (TPSA) is 105 Å². The molecular formula is C22H21ClFN5O3S2. The Labute approximate surface area is 206 Å². The van der Waals surface area contributed by atoms with Crippen molar-refractivity contribution in [2.45, 2.75) is 13.8 Å². The van der Waals surface area contributed by atoms with E-state index in [4.69, 9.17) is 11.6 Å². The molecule has 2 amide bonds. The van der Waals surface area contributed by atoms with E-state index in [1.165, 1.54) is 22.8 Å². The van der Waals surface area contributed by atoms with Crippen molar-refractivity contribution in [3.63, 3.8) is 0 Å². The number of urea groups is 1. The number of carbonyl (C=O) groups excluding carboxylic acids is 1. The van der Waals surface area contributed by atoms with Crippen LogP contribution in [0.1, 0.15) is 12.7 Å². The van der Waals surface area contributed by atoms with Crippen LogP contribution in [0.2, 0.25) is 0 Å². The number of aromatic nitrogens is 2. The van der Waals surface area contributed by atoms with Crippen molar-refractivity contribution in [2.75, 3.05) is 17.7 Å². The molecule has 0 aliphatic heterocycles. The van der Waals surface area contributed by atoms with Gasteiger partial charge in [-0.1, -0.05) is 36.0 Å². The summed E-state index contributed by atoms with van der Waals surface area (Å²) in [7, 11) is -0.122. The van der Waals surface area contributed by atoms with Crippen molar-refractivity contribution in [1.82, 2.24) is 14.3 Å². The molecule has 2 aromatic carbocycles. The lowest BCUT2D eigenvalue weighted by molar-refractivity contribution is 0.257. The molecule has 3 rings (SSSR count). The van der Waals surface area contributed by atoms with Gasteiger partial charge in [0.2, 0.25) is 0 Å². The van der Waals surface area contributed by atoms with Crippen LogP contribution in [0.4, 0.5) is 20.6 Å². The third-order valence-corrected chi connectivity index (χ3v) is 7.15. The number of amides is 2. The van der Waals surface area contributed by atoms with Crippen LogP contribution >= 0.6 is 23.4 Å². The number of anilines is 2. The number of aryl methyl sites for hydroxylation is 1. The van der Waals surface area contributed by atoms with Crippen LogP contribution in [0.5, 0.6) is 0 Å². The number of rotatable bonds is 7. The van der Waals surface area contributed by atoms with Crippen molar-refractivity contribution < 1.29 is 13.4 Å². The predicted octanol–water partition coefficient (Wildman–Crippen LogP) is 4.96.